The number of aromatic nitrogens is 2. The van der Waals surface area contributed by atoms with Crippen molar-refractivity contribution in [3.05, 3.63) is 59.4 Å². The van der Waals surface area contributed by atoms with Crippen LogP contribution in [0.1, 0.15) is 17.0 Å². The van der Waals surface area contributed by atoms with Crippen molar-refractivity contribution >= 4 is 12.0 Å². The van der Waals surface area contributed by atoms with Crippen molar-refractivity contribution in [2.24, 2.45) is 0 Å². The highest BCUT2D eigenvalue weighted by Gasteiger charge is 2.01. The molecule has 0 aliphatic carbocycles. The number of carbonyl (C=O) groups is 1. The van der Waals surface area contributed by atoms with Crippen molar-refractivity contribution in [2.75, 3.05) is 6.54 Å². The molecule has 0 fully saturated rings. The molecule has 0 radical (unpaired) electrons. The molecule has 1 heterocycles. The molecule has 1 amide bonds. The average Bonchev–Trinajstić information content (AvgIpc) is 2.76. The summed E-state index contributed by atoms with van der Waals surface area (Å²) in [5.74, 6) is -0.0876. The molecule has 4 nitrogen and oxygen atoms in total. The molecule has 0 bridgehead atoms. The van der Waals surface area contributed by atoms with Gasteiger partial charge in [0.2, 0.25) is 5.91 Å². The second-order valence-corrected chi connectivity index (χ2v) is 4.69. The Hall–Kier alpha value is -2.36. The Labute approximate surface area is 119 Å². The van der Waals surface area contributed by atoms with Crippen molar-refractivity contribution < 1.29 is 4.79 Å². The second-order valence-electron chi connectivity index (χ2n) is 4.69. The number of nitrogens with zero attached hydrogens (tertiary/aromatic N) is 2. The van der Waals surface area contributed by atoms with Gasteiger partial charge in [0.25, 0.3) is 0 Å². The van der Waals surface area contributed by atoms with Crippen LogP contribution in [0.25, 0.3) is 6.08 Å². The van der Waals surface area contributed by atoms with Gasteiger partial charge in [0.1, 0.15) is 0 Å². The molecule has 0 spiro atoms. The van der Waals surface area contributed by atoms with E-state index in [1.54, 1.807) is 12.2 Å². The lowest BCUT2D eigenvalue weighted by Gasteiger charge is -2.04. The van der Waals surface area contributed by atoms with Gasteiger partial charge in [-0.05, 0) is 31.6 Å². The molecule has 1 aromatic heterocycles. The second kappa shape index (κ2) is 6.70. The Morgan fingerprint density at radius 2 is 2.05 bits per heavy atom. The molecule has 4 heteroatoms. The van der Waals surface area contributed by atoms with Gasteiger partial charge >= 0.3 is 0 Å². The summed E-state index contributed by atoms with van der Waals surface area (Å²) in [6, 6.07) is 11.8. The van der Waals surface area contributed by atoms with E-state index in [9.17, 15) is 4.79 Å². The number of aryl methyl sites for hydroxylation is 2. The van der Waals surface area contributed by atoms with E-state index >= 15 is 0 Å². The predicted octanol–water partition coefficient (Wildman–Crippen LogP) is 2.33. The maximum atomic E-state index is 11.7. The van der Waals surface area contributed by atoms with E-state index < -0.39 is 0 Å². The highest BCUT2D eigenvalue weighted by molar-refractivity contribution is 5.91. The molecule has 1 aromatic carbocycles. The van der Waals surface area contributed by atoms with Gasteiger partial charge in [-0.25, -0.2) is 0 Å². The fraction of sp³-hybridized carbons (Fsp3) is 0.250. The van der Waals surface area contributed by atoms with Gasteiger partial charge < -0.3 is 5.32 Å². The van der Waals surface area contributed by atoms with Gasteiger partial charge in [-0.1, -0.05) is 30.3 Å². The van der Waals surface area contributed by atoms with Crippen LogP contribution in [0.4, 0.5) is 0 Å². The van der Waals surface area contributed by atoms with Gasteiger partial charge in [0, 0.05) is 18.3 Å². The van der Waals surface area contributed by atoms with Crippen LogP contribution in [0, 0.1) is 13.8 Å². The number of hydrogen-bond donors (Lipinski definition) is 1. The van der Waals surface area contributed by atoms with Crippen LogP contribution in [0.2, 0.25) is 0 Å². The first-order valence-electron chi connectivity index (χ1n) is 6.67. The summed E-state index contributed by atoms with van der Waals surface area (Å²) in [5, 5.41) is 7.20. The Kier molecular flexibility index (Phi) is 4.71. The molecule has 0 atom stereocenters. The van der Waals surface area contributed by atoms with Crippen LogP contribution in [0.15, 0.2) is 42.5 Å². The molecule has 1 N–H and O–H groups in total. The summed E-state index contributed by atoms with van der Waals surface area (Å²) >= 11 is 0. The van der Waals surface area contributed by atoms with E-state index in [1.807, 2.05) is 54.9 Å². The first kappa shape index (κ1) is 14.1. The Morgan fingerprint density at radius 1 is 1.30 bits per heavy atom. The molecule has 0 aliphatic heterocycles. The fourth-order valence-corrected chi connectivity index (χ4v) is 1.98. The monoisotopic (exact) mass is 269 g/mol. The van der Waals surface area contributed by atoms with Gasteiger partial charge in [-0.3, -0.25) is 9.48 Å². The minimum absolute atomic E-state index is 0.0876. The summed E-state index contributed by atoms with van der Waals surface area (Å²) < 4.78 is 1.90. The van der Waals surface area contributed by atoms with Crippen molar-refractivity contribution in [2.45, 2.75) is 20.4 Å². The van der Waals surface area contributed by atoms with Crippen LogP contribution >= 0.6 is 0 Å². The van der Waals surface area contributed by atoms with Gasteiger partial charge in [-0.2, -0.15) is 5.10 Å². The Bertz CT molecular complexity index is 599. The van der Waals surface area contributed by atoms with Crippen LogP contribution in [0.5, 0.6) is 0 Å². The van der Waals surface area contributed by atoms with Crippen LogP contribution in [-0.4, -0.2) is 22.2 Å². The molecule has 0 unspecified atom stereocenters. The molecule has 0 saturated carbocycles. The standard InChI is InChI=1S/C16H19N3O/c1-13-12-14(2)19(18-13)11-10-17-16(20)9-8-15-6-4-3-5-7-15/h3-9,12H,10-11H2,1-2H3,(H,17,20)/b9-8+. The van der Waals surface area contributed by atoms with Crippen molar-refractivity contribution in [1.82, 2.24) is 15.1 Å². The third kappa shape index (κ3) is 4.09. The largest absolute Gasteiger partial charge is 0.351 e. The number of amides is 1. The number of rotatable bonds is 5. The van der Waals surface area contributed by atoms with Gasteiger partial charge in [0.05, 0.1) is 12.2 Å². The Morgan fingerprint density at radius 3 is 2.70 bits per heavy atom. The summed E-state index contributed by atoms with van der Waals surface area (Å²) in [6.07, 6.45) is 3.36. The topological polar surface area (TPSA) is 46.9 Å². The normalized spacial score (nSPS) is 10.9. The highest BCUT2D eigenvalue weighted by atomic mass is 16.1. The first-order valence-corrected chi connectivity index (χ1v) is 6.67. The van der Waals surface area contributed by atoms with Crippen molar-refractivity contribution in [3.8, 4) is 0 Å². The van der Waals surface area contributed by atoms with Crippen molar-refractivity contribution in [1.29, 1.82) is 0 Å². The lowest BCUT2D eigenvalue weighted by atomic mass is 10.2. The zero-order valence-electron chi connectivity index (χ0n) is 11.8. The Balaban J connectivity index is 1.78. The number of benzene rings is 1. The summed E-state index contributed by atoms with van der Waals surface area (Å²) in [7, 11) is 0. The van der Waals surface area contributed by atoms with E-state index in [2.05, 4.69) is 10.4 Å². The predicted molar refractivity (Wildman–Crippen MR) is 80.2 cm³/mol. The zero-order chi connectivity index (χ0) is 14.4. The van der Waals surface area contributed by atoms with Crippen molar-refractivity contribution in [3.63, 3.8) is 0 Å². The number of hydrogen-bond acceptors (Lipinski definition) is 2. The minimum Gasteiger partial charge on any atom is -0.351 e. The maximum Gasteiger partial charge on any atom is 0.244 e. The van der Waals surface area contributed by atoms with Crippen LogP contribution in [0.3, 0.4) is 0 Å². The number of carbonyl (C=O) groups excluding carboxylic acids is 1. The summed E-state index contributed by atoms with van der Waals surface area (Å²) in [5.41, 5.74) is 3.12. The molecule has 0 saturated heterocycles. The van der Waals surface area contributed by atoms with Crippen LogP contribution in [-0.2, 0) is 11.3 Å². The third-order valence-corrected chi connectivity index (χ3v) is 2.95. The number of nitrogens with one attached hydrogen (secondary N) is 1. The van der Waals surface area contributed by atoms with E-state index in [0.717, 1.165) is 17.0 Å². The maximum absolute atomic E-state index is 11.7. The molecule has 2 rings (SSSR count). The molecule has 0 aliphatic rings. The van der Waals surface area contributed by atoms with Gasteiger partial charge in [0.15, 0.2) is 0 Å². The van der Waals surface area contributed by atoms with E-state index in [-0.39, 0.29) is 5.91 Å². The fourth-order valence-electron chi connectivity index (χ4n) is 1.98. The van der Waals surface area contributed by atoms with E-state index in [0.29, 0.717) is 13.1 Å². The molecular weight excluding hydrogens is 250 g/mol. The third-order valence-electron chi connectivity index (χ3n) is 2.95. The SMILES string of the molecule is Cc1cc(C)n(CCNC(=O)/C=C/c2ccccc2)n1. The molecule has 2 aromatic rings. The summed E-state index contributed by atoms with van der Waals surface area (Å²) in [4.78, 5) is 11.7. The minimum atomic E-state index is -0.0876. The summed E-state index contributed by atoms with van der Waals surface area (Å²) in [6.45, 7) is 5.23. The smallest absolute Gasteiger partial charge is 0.244 e. The highest BCUT2D eigenvalue weighted by Crippen LogP contribution is 2.01. The average molecular weight is 269 g/mol. The van der Waals surface area contributed by atoms with E-state index in [1.165, 1.54) is 0 Å². The van der Waals surface area contributed by atoms with Crippen LogP contribution < -0.4 is 5.32 Å². The van der Waals surface area contributed by atoms with E-state index in [4.69, 9.17) is 0 Å². The first-order chi connectivity index (χ1) is 9.65. The quantitative estimate of drug-likeness (QED) is 0.847. The molecule has 104 valence electrons. The zero-order valence-corrected chi connectivity index (χ0v) is 11.8. The molecular formula is C16H19N3O. The van der Waals surface area contributed by atoms with Gasteiger partial charge in [-0.15, -0.1) is 0 Å². The lowest BCUT2D eigenvalue weighted by molar-refractivity contribution is -0.116. The lowest BCUT2D eigenvalue weighted by Crippen LogP contribution is -2.26. The molecule has 20 heavy (non-hydrogen) atoms.